The average Bonchev–Trinajstić information content (AvgIpc) is 2.92. The number of nitrogens with one attached hydrogen (secondary N) is 1. The molecule has 2 N–H and O–H groups in total. The number of rotatable bonds is 4. The molecule has 0 radical (unpaired) electrons. The van der Waals surface area contributed by atoms with Gasteiger partial charge >= 0.3 is 5.97 Å². The second kappa shape index (κ2) is 5.20. The Bertz CT molecular complexity index is 556. The Morgan fingerprint density at radius 2 is 2.00 bits per heavy atom. The average molecular weight is 340 g/mol. The van der Waals surface area contributed by atoms with Crippen molar-refractivity contribution in [3.63, 3.8) is 0 Å². The van der Waals surface area contributed by atoms with Crippen molar-refractivity contribution in [3.05, 3.63) is 34.3 Å². The van der Waals surface area contributed by atoms with E-state index in [0.29, 0.717) is 0 Å². The number of carbonyl (C=O) groups is 2. The van der Waals surface area contributed by atoms with Gasteiger partial charge in [0.15, 0.2) is 0 Å². The highest BCUT2D eigenvalue weighted by molar-refractivity contribution is 9.10. The van der Waals surface area contributed by atoms with Crippen molar-refractivity contribution < 1.29 is 14.7 Å². The number of halogens is 1. The first-order valence-corrected chi connectivity index (χ1v) is 7.33. The molecule has 0 unspecified atom stereocenters. The zero-order valence-corrected chi connectivity index (χ0v) is 13.3. The van der Waals surface area contributed by atoms with E-state index in [9.17, 15) is 9.59 Å². The molecule has 0 aliphatic heterocycles. The SMILES string of the molecule is C[C@@H](NC(=O)[C@H]1[C@@H](C(=O)O)C1(C)C)c1cccc(Br)c1. The molecule has 20 heavy (non-hydrogen) atoms. The molecule has 5 heteroatoms. The van der Waals surface area contributed by atoms with Crippen molar-refractivity contribution in [2.45, 2.75) is 26.8 Å². The van der Waals surface area contributed by atoms with Crippen LogP contribution in [-0.2, 0) is 9.59 Å². The Hall–Kier alpha value is -1.36. The molecule has 2 rings (SSSR count). The normalized spacial score (nSPS) is 24.8. The molecule has 0 bridgehead atoms. The third-order valence-electron chi connectivity index (χ3n) is 4.08. The van der Waals surface area contributed by atoms with Gasteiger partial charge in [-0.15, -0.1) is 0 Å². The van der Waals surface area contributed by atoms with E-state index in [1.165, 1.54) is 0 Å². The highest BCUT2D eigenvalue weighted by atomic mass is 79.9. The summed E-state index contributed by atoms with van der Waals surface area (Å²) in [6.45, 7) is 5.53. The van der Waals surface area contributed by atoms with Crippen molar-refractivity contribution in [1.82, 2.24) is 5.32 Å². The van der Waals surface area contributed by atoms with Crippen molar-refractivity contribution in [2.75, 3.05) is 0 Å². The summed E-state index contributed by atoms with van der Waals surface area (Å²) in [6.07, 6.45) is 0. The van der Waals surface area contributed by atoms with Gasteiger partial charge in [0, 0.05) is 4.47 Å². The molecule has 1 aliphatic rings. The van der Waals surface area contributed by atoms with Crippen molar-refractivity contribution in [2.24, 2.45) is 17.3 Å². The summed E-state index contributed by atoms with van der Waals surface area (Å²) in [7, 11) is 0. The summed E-state index contributed by atoms with van der Waals surface area (Å²) < 4.78 is 0.950. The highest BCUT2D eigenvalue weighted by Crippen LogP contribution is 2.58. The first-order chi connectivity index (χ1) is 9.25. The summed E-state index contributed by atoms with van der Waals surface area (Å²) in [5.41, 5.74) is 0.519. The van der Waals surface area contributed by atoms with Gasteiger partial charge in [-0.1, -0.05) is 41.9 Å². The molecule has 108 valence electrons. The van der Waals surface area contributed by atoms with Gasteiger partial charge in [0.25, 0.3) is 0 Å². The Kier molecular flexibility index (Phi) is 3.91. The second-order valence-electron chi connectivity index (χ2n) is 5.90. The minimum absolute atomic E-state index is 0.147. The van der Waals surface area contributed by atoms with E-state index >= 15 is 0 Å². The maximum Gasteiger partial charge on any atom is 0.307 e. The van der Waals surface area contributed by atoms with Crippen LogP contribution in [0.1, 0.15) is 32.4 Å². The summed E-state index contributed by atoms with van der Waals surface area (Å²) in [6, 6.07) is 7.55. The number of amides is 1. The van der Waals surface area contributed by atoms with E-state index in [4.69, 9.17) is 5.11 Å². The molecule has 1 fully saturated rings. The first-order valence-electron chi connectivity index (χ1n) is 6.53. The highest BCUT2D eigenvalue weighted by Gasteiger charge is 2.65. The van der Waals surface area contributed by atoms with Gasteiger partial charge < -0.3 is 10.4 Å². The molecule has 0 heterocycles. The molecular weight excluding hydrogens is 322 g/mol. The zero-order chi connectivity index (χ0) is 15.1. The van der Waals surface area contributed by atoms with Gasteiger partial charge in [0.2, 0.25) is 5.91 Å². The Labute approximate surface area is 126 Å². The predicted octanol–water partition coefficient (Wildman–Crippen LogP) is 2.98. The predicted molar refractivity (Wildman–Crippen MR) is 79.1 cm³/mol. The van der Waals surface area contributed by atoms with Crippen LogP contribution in [0.25, 0.3) is 0 Å². The number of benzene rings is 1. The summed E-state index contributed by atoms with van der Waals surface area (Å²) in [5, 5.41) is 12.0. The maximum absolute atomic E-state index is 12.2. The van der Waals surface area contributed by atoms with Crippen LogP contribution in [-0.4, -0.2) is 17.0 Å². The van der Waals surface area contributed by atoms with E-state index in [0.717, 1.165) is 10.0 Å². The number of carboxylic acid groups (broad SMARTS) is 1. The Balaban J connectivity index is 2.04. The van der Waals surface area contributed by atoms with Gasteiger partial charge in [-0.2, -0.15) is 0 Å². The fourth-order valence-electron chi connectivity index (χ4n) is 2.75. The lowest BCUT2D eigenvalue weighted by molar-refractivity contribution is -0.140. The third kappa shape index (κ3) is 2.73. The molecule has 1 aromatic rings. The number of hydrogen-bond acceptors (Lipinski definition) is 2. The molecule has 1 saturated carbocycles. The number of carboxylic acids is 1. The van der Waals surface area contributed by atoms with Crippen LogP contribution in [0, 0.1) is 17.3 Å². The standard InChI is InChI=1S/C15H18BrNO3/c1-8(9-5-4-6-10(16)7-9)17-13(18)11-12(14(19)20)15(11,2)3/h4-8,11-12H,1-3H3,(H,17,18)(H,19,20)/t8-,11-,12+/m1/s1. The molecule has 0 saturated heterocycles. The molecule has 3 atom stereocenters. The first kappa shape index (κ1) is 15.0. The maximum atomic E-state index is 12.2. The van der Waals surface area contributed by atoms with Crippen molar-refractivity contribution in [3.8, 4) is 0 Å². The fourth-order valence-corrected chi connectivity index (χ4v) is 3.17. The minimum atomic E-state index is -0.898. The van der Waals surface area contributed by atoms with E-state index in [-0.39, 0.29) is 11.9 Å². The van der Waals surface area contributed by atoms with E-state index in [1.54, 1.807) is 0 Å². The molecular formula is C15H18BrNO3. The lowest BCUT2D eigenvalue weighted by Crippen LogP contribution is -2.30. The van der Waals surface area contributed by atoms with Crippen LogP contribution in [0.2, 0.25) is 0 Å². The van der Waals surface area contributed by atoms with Crippen molar-refractivity contribution >= 4 is 27.8 Å². The molecule has 1 aromatic carbocycles. The monoisotopic (exact) mass is 339 g/mol. The summed E-state index contributed by atoms with van der Waals surface area (Å²) in [4.78, 5) is 23.3. The summed E-state index contributed by atoms with van der Waals surface area (Å²) >= 11 is 3.39. The number of carbonyl (C=O) groups excluding carboxylic acids is 1. The third-order valence-corrected chi connectivity index (χ3v) is 4.58. The Morgan fingerprint density at radius 1 is 1.35 bits per heavy atom. The van der Waals surface area contributed by atoms with Gasteiger partial charge in [-0.3, -0.25) is 9.59 Å². The molecule has 1 aliphatic carbocycles. The van der Waals surface area contributed by atoms with Gasteiger partial charge in [0.05, 0.1) is 17.9 Å². The zero-order valence-electron chi connectivity index (χ0n) is 11.7. The van der Waals surface area contributed by atoms with Crippen LogP contribution in [0.4, 0.5) is 0 Å². The van der Waals surface area contributed by atoms with Crippen LogP contribution in [0.15, 0.2) is 28.7 Å². The lowest BCUT2D eigenvalue weighted by atomic mass is 10.1. The topological polar surface area (TPSA) is 66.4 Å². The second-order valence-corrected chi connectivity index (χ2v) is 6.82. The molecule has 0 aromatic heterocycles. The van der Waals surface area contributed by atoms with E-state index in [1.807, 2.05) is 45.0 Å². The van der Waals surface area contributed by atoms with Crippen LogP contribution in [0.3, 0.4) is 0 Å². The van der Waals surface area contributed by atoms with Gasteiger partial charge in [-0.05, 0) is 30.0 Å². The molecule has 1 amide bonds. The molecule has 0 spiro atoms. The fraction of sp³-hybridized carbons (Fsp3) is 0.467. The van der Waals surface area contributed by atoms with Gasteiger partial charge in [0.1, 0.15) is 0 Å². The lowest BCUT2D eigenvalue weighted by Gasteiger charge is -2.15. The minimum Gasteiger partial charge on any atom is -0.481 e. The summed E-state index contributed by atoms with van der Waals surface area (Å²) in [5.74, 6) is -2.12. The van der Waals surface area contributed by atoms with Crippen LogP contribution >= 0.6 is 15.9 Å². The smallest absolute Gasteiger partial charge is 0.307 e. The number of hydrogen-bond donors (Lipinski definition) is 2. The van der Waals surface area contributed by atoms with E-state index in [2.05, 4.69) is 21.2 Å². The molecule has 4 nitrogen and oxygen atoms in total. The van der Waals surface area contributed by atoms with Crippen molar-refractivity contribution in [1.29, 1.82) is 0 Å². The largest absolute Gasteiger partial charge is 0.481 e. The van der Waals surface area contributed by atoms with Crippen LogP contribution < -0.4 is 5.32 Å². The van der Waals surface area contributed by atoms with E-state index < -0.39 is 23.2 Å². The Morgan fingerprint density at radius 3 is 2.50 bits per heavy atom. The number of aliphatic carboxylic acids is 1. The quantitative estimate of drug-likeness (QED) is 0.886. The van der Waals surface area contributed by atoms with Gasteiger partial charge in [-0.25, -0.2) is 0 Å². The van der Waals surface area contributed by atoms with Crippen LogP contribution in [0.5, 0.6) is 0 Å².